The van der Waals surface area contributed by atoms with Gasteiger partial charge >= 0.3 is 0 Å². The third kappa shape index (κ3) is 2.79. The fourth-order valence-electron chi connectivity index (χ4n) is 2.59. The van der Waals surface area contributed by atoms with Crippen LogP contribution >= 0.6 is 0 Å². The van der Waals surface area contributed by atoms with Crippen molar-refractivity contribution in [2.45, 2.75) is 13.5 Å². The van der Waals surface area contributed by atoms with E-state index in [-0.39, 0.29) is 5.91 Å². The van der Waals surface area contributed by atoms with E-state index in [1.165, 1.54) is 10.9 Å². The molecule has 5 heteroatoms. The molecule has 1 aliphatic rings. The lowest BCUT2D eigenvalue weighted by Crippen LogP contribution is -2.34. The van der Waals surface area contributed by atoms with E-state index in [0.29, 0.717) is 31.3 Å². The van der Waals surface area contributed by atoms with Gasteiger partial charge in [0.15, 0.2) is 0 Å². The largest absolute Gasteiger partial charge is 0.491 e. The normalized spacial score (nSPS) is 14.6. The minimum Gasteiger partial charge on any atom is -0.491 e. The van der Waals surface area contributed by atoms with E-state index in [4.69, 9.17) is 9.47 Å². The number of likely N-dealkylation sites (N-methyl/N-ethyl adjacent to an activating group) is 1. The molecule has 1 amide bonds. The minimum atomic E-state index is -0.131. The van der Waals surface area contributed by atoms with Gasteiger partial charge < -0.3 is 18.9 Å². The number of nitrogens with zero attached hydrogens (tertiary/aromatic N) is 2. The van der Waals surface area contributed by atoms with Crippen molar-refractivity contribution in [2.75, 3.05) is 26.8 Å². The fraction of sp³-hybridized carbons (Fsp3) is 0.353. The van der Waals surface area contributed by atoms with Crippen molar-refractivity contribution >= 4 is 16.8 Å². The molecule has 2 aromatic rings. The van der Waals surface area contributed by atoms with Gasteiger partial charge in [-0.25, -0.2) is 0 Å². The Morgan fingerprint density at radius 2 is 2.00 bits per heavy atom. The highest BCUT2D eigenvalue weighted by Gasteiger charge is 2.22. The van der Waals surface area contributed by atoms with Crippen LogP contribution in [0.15, 0.2) is 48.0 Å². The van der Waals surface area contributed by atoms with Gasteiger partial charge in [0.05, 0.1) is 0 Å². The average molecular weight is 300 g/mol. The highest BCUT2D eigenvalue weighted by molar-refractivity contribution is 5.91. The molecule has 0 atom stereocenters. The lowest BCUT2D eigenvalue weighted by atomic mass is 10.2. The zero-order chi connectivity index (χ0) is 15.5. The van der Waals surface area contributed by atoms with Crippen LogP contribution in [0.2, 0.25) is 0 Å². The molecule has 116 valence electrons. The Kier molecular flexibility index (Phi) is 4.04. The molecule has 3 rings (SSSR count). The smallest absolute Gasteiger partial charge is 0.292 e. The maximum absolute atomic E-state index is 12.4. The van der Waals surface area contributed by atoms with Crippen LogP contribution in [0, 0.1) is 0 Å². The SMILES string of the molecule is CC1=C(C(=O)N(C)CCn2ccc3ccccc32)OCCO1. The topological polar surface area (TPSA) is 43.7 Å². The van der Waals surface area contributed by atoms with Gasteiger partial charge in [-0.2, -0.15) is 0 Å². The Morgan fingerprint density at radius 1 is 1.23 bits per heavy atom. The first-order chi connectivity index (χ1) is 10.7. The molecule has 0 unspecified atom stereocenters. The van der Waals surface area contributed by atoms with Crippen LogP contribution in [0.3, 0.4) is 0 Å². The summed E-state index contributed by atoms with van der Waals surface area (Å²) in [5.41, 5.74) is 1.18. The number of hydrogen-bond acceptors (Lipinski definition) is 3. The first-order valence-electron chi connectivity index (χ1n) is 7.42. The molecular weight excluding hydrogens is 280 g/mol. The number of aromatic nitrogens is 1. The Balaban J connectivity index is 1.67. The van der Waals surface area contributed by atoms with Gasteiger partial charge in [-0.3, -0.25) is 4.79 Å². The summed E-state index contributed by atoms with van der Waals surface area (Å²) < 4.78 is 13.0. The van der Waals surface area contributed by atoms with Crippen molar-refractivity contribution < 1.29 is 14.3 Å². The first kappa shape index (κ1) is 14.5. The van der Waals surface area contributed by atoms with Crippen molar-refractivity contribution in [3.05, 3.63) is 48.0 Å². The van der Waals surface area contributed by atoms with Crippen LogP contribution in [-0.4, -0.2) is 42.2 Å². The van der Waals surface area contributed by atoms with E-state index >= 15 is 0 Å². The van der Waals surface area contributed by atoms with Crippen molar-refractivity contribution in [3.8, 4) is 0 Å². The molecule has 0 spiro atoms. The summed E-state index contributed by atoms with van der Waals surface area (Å²) in [6.45, 7) is 4.04. The summed E-state index contributed by atoms with van der Waals surface area (Å²) in [5, 5.41) is 1.21. The fourth-order valence-corrected chi connectivity index (χ4v) is 2.59. The second-order valence-corrected chi connectivity index (χ2v) is 5.38. The summed E-state index contributed by atoms with van der Waals surface area (Å²) in [6, 6.07) is 10.3. The zero-order valence-electron chi connectivity index (χ0n) is 12.9. The standard InChI is InChI=1S/C17H20N2O3/c1-13-16(22-12-11-21-13)17(20)18(2)9-10-19-8-7-14-5-3-4-6-15(14)19/h3-8H,9-12H2,1-2H3. The molecular formula is C17H20N2O3. The van der Waals surface area contributed by atoms with Crippen LogP contribution < -0.4 is 0 Å². The predicted molar refractivity (Wildman–Crippen MR) is 84.2 cm³/mol. The summed E-state index contributed by atoms with van der Waals surface area (Å²) in [6.07, 6.45) is 2.05. The third-order valence-corrected chi connectivity index (χ3v) is 3.87. The van der Waals surface area contributed by atoms with Crippen molar-refractivity contribution in [1.82, 2.24) is 9.47 Å². The van der Waals surface area contributed by atoms with Gasteiger partial charge in [0.2, 0.25) is 5.76 Å². The molecule has 0 bridgehead atoms. The number of allylic oxidation sites excluding steroid dienone is 1. The maximum atomic E-state index is 12.4. The second-order valence-electron chi connectivity index (χ2n) is 5.38. The van der Waals surface area contributed by atoms with Gasteiger partial charge in [-0.15, -0.1) is 0 Å². The molecule has 0 saturated carbocycles. The van der Waals surface area contributed by atoms with Gasteiger partial charge in [0.1, 0.15) is 19.0 Å². The van der Waals surface area contributed by atoms with E-state index in [1.807, 2.05) is 18.3 Å². The number of rotatable bonds is 4. The van der Waals surface area contributed by atoms with Crippen LogP contribution in [-0.2, 0) is 20.8 Å². The zero-order valence-corrected chi connectivity index (χ0v) is 12.9. The summed E-state index contributed by atoms with van der Waals surface area (Å²) in [4.78, 5) is 14.1. The number of hydrogen-bond donors (Lipinski definition) is 0. The number of amides is 1. The van der Waals surface area contributed by atoms with E-state index in [1.54, 1.807) is 18.9 Å². The van der Waals surface area contributed by atoms with Crippen LogP contribution in [0.5, 0.6) is 0 Å². The average Bonchev–Trinajstić information content (AvgIpc) is 2.95. The first-order valence-corrected chi connectivity index (χ1v) is 7.42. The van der Waals surface area contributed by atoms with E-state index in [2.05, 4.69) is 22.8 Å². The highest BCUT2D eigenvalue weighted by atomic mass is 16.6. The molecule has 5 nitrogen and oxygen atoms in total. The van der Waals surface area contributed by atoms with Crippen LogP contribution in [0.1, 0.15) is 6.92 Å². The van der Waals surface area contributed by atoms with E-state index in [9.17, 15) is 4.79 Å². The van der Waals surface area contributed by atoms with Crippen molar-refractivity contribution in [2.24, 2.45) is 0 Å². The Hall–Kier alpha value is -2.43. The monoisotopic (exact) mass is 300 g/mol. The molecule has 0 N–H and O–H groups in total. The van der Waals surface area contributed by atoms with Crippen molar-refractivity contribution in [3.63, 3.8) is 0 Å². The number of carbonyl (C=O) groups excluding carboxylic acids is 1. The number of para-hydroxylation sites is 1. The lowest BCUT2D eigenvalue weighted by Gasteiger charge is -2.24. The molecule has 0 saturated heterocycles. The second kappa shape index (κ2) is 6.13. The maximum Gasteiger partial charge on any atom is 0.292 e. The number of ether oxygens (including phenoxy) is 2. The molecule has 1 aromatic carbocycles. The van der Waals surface area contributed by atoms with Gasteiger partial charge in [-0.1, -0.05) is 18.2 Å². The minimum absolute atomic E-state index is 0.131. The molecule has 1 aromatic heterocycles. The molecule has 0 fully saturated rings. The highest BCUT2D eigenvalue weighted by Crippen LogP contribution is 2.17. The quantitative estimate of drug-likeness (QED) is 0.871. The van der Waals surface area contributed by atoms with Gasteiger partial charge in [-0.05, 0) is 24.4 Å². The lowest BCUT2D eigenvalue weighted by molar-refractivity contribution is -0.131. The molecule has 1 aliphatic heterocycles. The molecule has 2 heterocycles. The third-order valence-electron chi connectivity index (χ3n) is 3.87. The Labute approximate surface area is 129 Å². The Bertz CT molecular complexity index is 718. The number of carbonyl (C=O) groups is 1. The summed E-state index contributed by atoms with van der Waals surface area (Å²) in [7, 11) is 1.78. The molecule has 22 heavy (non-hydrogen) atoms. The number of benzene rings is 1. The van der Waals surface area contributed by atoms with Crippen LogP contribution in [0.25, 0.3) is 10.9 Å². The van der Waals surface area contributed by atoms with Gasteiger partial charge in [0, 0.05) is 31.9 Å². The Morgan fingerprint density at radius 3 is 2.82 bits per heavy atom. The van der Waals surface area contributed by atoms with Crippen molar-refractivity contribution in [1.29, 1.82) is 0 Å². The molecule has 0 aliphatic carbocycles. The molecule has 0 radical (unpaired) electrons. The predicted octanol–water partition coefficient (Wildman–Crippen LogP) is 2.38. The van der Waals surface area contributed by atoms with Gasteiger partial charge in [0.25, 0.3) is 5.91 Å². The summed E-state index contributed by atoms with van der Waals surface area (Å²) in [5.74, 6) is 0.759. The van der Waals surface area contributed by atoms with E-state index < -0.39 is 0 Å². The number of fused-ring (bicyclic) bond motifs is 1. The van der Waals surface area contributed by atoms with E-state index in [0.717, 1.165) is 6.54 Å². The summed E-state index contributed by atoms with van der Waals surface area (Å²) >= 11 is 0. The van der Waals surface area contributed by atoms with Crippen LogP contribution in [0.4, 0.5) is 0 Å².